The molecule has 0 saturated carbocycles. The Labute approximate surface area is 125 Å². The van der Waals surface area contributed by atoms with E-state index in [1.54, 1.807) is 37.3 Å². The molecule has 0 saturated heterocycles. The van der Waals surface area contributed by atoms with Crippen LogP contribution in [0.2, 0.25) is 0 Å². The molecular weight excluding hydrogens is 284 g/mol. The first-order chi connectivity index (χ1) is 10.7. The average Bonchev–Trinajstić information content (AvgIpc) is 2.54. The van der Waals surface area contributed by atoms with E-state index in [0.29, 0.717) is 27.3 Å². The zero-order valence-electron chi connectivity index (χ0n) is 11.8. The minimum Gasteiger partial charge on any atom is -0.462 e. The number of esters is 1. The van der Waals surface area contributed by atoms with E-state index in [1.807, 2.05) is 0 Å². The summed E-state index contributed by atoms with van der Waals surface area (Å²) in [6, 6.07) is 10.1. The van der Waals surface area contributed by atoms with Gasteiger partial charge in [0.15, 0.2) is 6.29 Å². The van der Waals surface area contributed by atoms with Crippen molar-refractivity contribution in [1.82, 2.24) is 0 Å². The van der Waals surface area contributed by atoms with Crippen molar-refractivity contribution in [1.29, 1.82) is 0 Å². The zero-order chi connectivity index (χ0) is 15.7. The summed E-state index contributed by atoms with van der Waals surface area (Å²) in [6.07, 6.45) is 0.733. The minimum atomic E-state index is -0.755. The van der Waals surface area contributed by atoms with Gasteiger partial charge in [-0.25, -0.2) is 9.59 Å². The van der Waals surface area contributed by atoms with Crippen molar-refractivity contribution >= 4 is 34.0 Å². The number of carbonyl (C=O) groups is 2. The molecule has 0 aliphatic heterocycles. The first-order valence-electron chi connectivity index (χ1n) is 6.77. The third-order valence-corrected chi connectivity index (χ3v) is 3.39. The number of aldehydes is 1. The second-order valence-corrected chi connectivity index (χ2v) is 4.72. The summed E-state index contributed by atoms with van der Waals surface area (Å²) in [6.45, 7) is 1.81. The van der Waals surface area contributed by atoms with E-state index in [4.69, 9.17) is 9.15 Å². The second-order valence-electron chi connectivity index (χ2n) is 4.72. The van der Waals surface area contributed by atoms with Gasteiger partial charge in [0, 0.05) is 16.3 Å². The minimum absolute atomic E-state index is 0.160. The number of benzene rings is 2. The first-order valence-corrected chi connectivity index (χ1v) is 6.77. The van der Waals surface area contributed by atoms with Crippen molar-refractivity contribution in [3.05, 3.63) is 57.9 Å². The van der Waals surface area contributed by atoms with Crippen LogP contribution in [-0.4, -0.2) is 18.9 Å². The molecule has 2 aromatic carbocycles. The molecule has 0 aliphatic rings. The summed E-state index contributed by atoms with van der Waals surface area (Å²) >= 11 is 0. The van der Waals surface area contributed by atoms with Crippen LogP contribution in [0, 0.1) is 0 Å². The molecule has 5 heteroatoms. The maximum Gasteiger partial charge on any atom is 0.351 e. The van der Waals surface area contributed by atoms with Crippen LogP contribution < -0.4 is 5.63 Å². The van der Waals surface area contributed by atoms with Crippen LogP contribution in [0.25, 0.3) is 21.7 Å². The monoisotopic (exact) mass is 296 g/mol. The van der Waals surface area contributed by atoms with Gasteiger partial charge in [0.05, 0.1) is 6.61 Å². The van der Waals surface area contributed by atoms with Gasteiger partial charge < -0.3 is 9.15 Å². The molecule has 0 unspecified atom stereocenters. The first kappa shape index (κ1) is 14.0. The predicted molar refractivity (Wildman–Crippen MR) is 81.3 cm³/mol. The van der Waals surface area contributed by atoms with Gasteiger partial charge in [0.1, 0.15) is 11.1 Å². The van der Waals surface area contributed by atoms with Crippen LogP contribution in [-0.2, 0) is 4.74 Å². The average molecular weight is 296 g/mol. The van der Waals surface area contributed by atoms with Crippen molar-refractivity contribution < 1.29 is 18.7 Å². The van der Waals surface area contributed by atoms with E-state index in [-0.39, 0.29) is 12.2 Å². The Hall–Kier alpha value is -2.95. The highest BCUT2D eigenvalue weighted by Gasteiger charge is 2.17. The van der Waals surface area contributed by atoms with E-state index in [9.17, 15) is 14.4 Å². The van der Waals surface area contributed by atoms with Gasteiger partial charge >= 0.3 is 11.6 Å². The van der Waals surface area contributed by atoms with Crippen LogP contribution >= 0.6 is 0 Å². The summed E-state index contributed by atoms with van der Waals surface area (Å²) in [4.78, 5) is 35.1. The lowest BCUT2D eigenvalue weighted by Crippen LogP contribution is -2.16. The van der Waals surface area contributed by atoms with Crippen LogP contribution in [0.1, 0.15) is 27.6 Å². The maximum absolute atomic E-state index is 12.0. The molecule has 0 fully saturated rings. The normalized spacial score (nSPS) is 10.8. The van der Waals surface area contributed by atoms with Gasteiger partial charge in [-0.15, -0.1) is 0 Å². The van der Waals surface area contributed by atoms with Gasteiger partial charge in [0.2, 0.25) is 0 Å². The molecule has 3 aromatic rings. The zero-order valence-corrected chi connectivity index (χ0v) is 11.8. The highest BCUT2D eigenvalue weighted by atomic mass is 16.5. The largest absolute Gasteiger partial charge is 0.462 e. The molecule has 0 bridgehead atoms. The molecule has 0 amide bonds. The van der Waals surface area contributed by atoms with Crippen LogP contribution in [0.15, 0.2) is 45.6 Å². The lowest BCUT2D eigenvalue weighted by molar-refractivity contribution is 0.0521. The van der Waals surface area contributed by atoms with Crippen molar-refractivity contribution in [2.45, 2.75) is 6.92 Å². The number of hydrogen-bond acceptors (Lipinski definition) is 5. The number of hydrogen-bond donors (Lipinski definition) is 0. The fraction of sp³-hybridized carbons (Fsp3) is 0.118. The molecular formula is C17H12O5. The van der Waals surface area contributed by atoms with Gasteiger partial charge in [-0.2, -0.15) is 0 Å². The summed E-state index contributed by atoms with van der Waals surface area (Å²) in [5.41, 5.74) is -0.123. The van der Waals surface area contributed by atoms with Crippen molar-refractivity contribution in [3.8, 4) is 0 Å². The molecule has 22 heavy (non-hydrogen) atoms. The smallest absolute Gasteiger partial charge is 0.351 e. The number of fused-ring (bicyclic) bond motifs is 3. The fourth-order valence-electron chi connectivity index (χ4n) is 2.43. The Balaban J connectivity index is 2.38. The van der Waals surface area contributed by atoms with E-state index in [0.717, 1.165) is 6.29 Å². The molecule has 0 atom stereocenters. The van der Waals surface area contributed by atoms with E-state index >= 15 is 0 Å². The van der Waals surface area contributed by atoms with E-state index in [1.165, 1.54) is 6.07 Å². The number of rotatable bonds is 3. The third-order valence-electron chi connectivity index (χ3n) is 3.39. The van der Waals surface area contributed by atoms with Gasteiger partial charge in [0.25, 0.3) is 0 Å². The van der Waals surface area contributed by atoms with Crippen molar-refractivity contribution in [2.75, 3.05) is 6.61 Å². The Morgan fingerprint density at radius 2 is 1.95 bits per heavy atom. The topological polar surface area (TPSA) is 73.6 Å². The molecule has 1 heterocycles. The van der Waals surface area contributed by atoms with Crippen LogP contribution in [0.4, 0.5) is 0 Å². The lowest BCUT2D eigenvalue weighted by Gasteiger charge is -2.07. The van der Waals surface area contributed by atoms with Crippen molar-refractivity contribution in [2.24, 2.45) is 0 Å². The molecule has 0 spiro atoms. The Morgan fingerprint density at radius 3 is 2.64 bits per heavy atom. The molecule has 5 nitrogen and oxygen atoms in total. The standard InChI is InChI=1S/C17H12O5/c1-2-21-16(19)14-8-10-7-11(9-18)12-5-3-4-6-13(12)15(10)22-17(14)20/h3-9H,2H2,1H3. The fourth-order valence-corrected chi connectivity index (χ4v) is 2.43. The van der Waals surface area contributed by atoms with Gasteiger partial charge in [-0.3, -0.25) is 4.79 Å². The summed E-state index contributed by atoms with van der Waals surface area (Å²) in [7, 11) is 0. The lowest BCUT2D eigenvalue weighted by atomic mass is 10.0. The van der Waals surface area contributed by atoms with Crippen LogP contribution in [0.5, 0.6) is 0 Å². The predicted octanol–water partition coefficient (Wildman–Crippen LogP) is 2.94. The highest BCUT2D eigenvalue weighted by Crippen LogP contribution is 2.27. The summed E-state index contributed by atoms with van der Waals surface area (Å²) in [5.74, 6) is -0.737. The van der Waals surface area contributed by atoms with Gasteiger partial charge in [-0.05, 0) is 24.4 Å². The van der Waals surface area contributed by atoms with E-state index < -0.39 is 11.6 Å². The second kappa shape index (κ2) is 5.44. The van der Waals surface area contributed by atoms with E-state index in [2.05, 4.69) is 0 Å². The Bertz CT molecular complexity index is 952. The third kappa shape index (κ3) is 2.16. The molecule has 0 radical (unpaired) electrons. The quantitative estimate of drug-likeness (QED) is 0.321. The summed E-state index contributed by atoms with van der Waals surface area (Å²) < 4.78 is 10.1. The Kier molecular flexibility index (Phi) is 3.47. The molecule has 3 rings (SSSR count). The summed E-state index contributed by atoms with van der Waals surface area (Å²) in [5, 5.41) is 1.84. The SMILES string of the molecule is CCOC(=O)c1cc2cc(C=O)c3ccccc3c2oc1=O. The maximum atomic E-state index is 12.0. The molecule has 0 aliphatic carbocycles. The molecule has 0 N–H and O–H groups in total. The number of ether oxygens (including phenoxy) is 1. The van der Waals surface area contributed by atoms with Gasteiger partial charge in [-0.1, -0.05) is 24.3 Å². The highest BCUT2D eigenvalue weighted by molar-refractivity contribution is 6.11. The molecule has 1 aromatic heterocycles. The number of carbonyl (C=O) groups excluding carboxylic acids is 2. The Morgan fingerprint density at radius 1 is 1.23 bits per heavy atom. The van der Waals surface area contributed by atoms with Crippen molar-refractivity contribution in [3.63, 3.8) is 0 Å². The molecule has 110 valence electrons. The van der Waals surface area contributed by atoms with Crippen LogP contribution in [0.3, 0.4) is 0 Å².